The molecule has 6 nitrogen and oxygen atoms in total. The fraction of sp³-hybridized carbons (Fsp3) is 0.227. The number of para-hydroxylation sites is 1. The molecule has 0 amide bonds. The van der Waals surface area contributed by atoms with Crippen LogP contribution in [0.4, 0.5) is 4.39 Å². The predicted molar refractivity (Wildman–Crippen MR) is 111 cm³/mol. The van der Waals surface area contributed by atoms with Crippen molar-refractivity contribution in [1.29, 1.82) is 0 Å². The molecule has 1 heterocycles. The number of nitrogens with zero attached hydrogens (tertiary/aromatic N) is 1. The number of hydrogen-bond donors (Lipinski definition) is 4. The van der Waals surface area contributed by atoms with E-state index in [-0.39, 0.29) is 23.8 Å². The molecule has 1 aliphatic heterocycles. The Morgan fingerprint density at radius 3 is 2.41 bits per heavy atom. The molecule has 29 heavy (non-hydrogen) atoms. The molecule has 0 bridgehead atoms. The third-order valence-corrected chi connectivity index (χ3v) is 5.15. The molecule has 0 saturated carbocycles. The van der Waals surface area contributed by atoms with Crippen molar-refractivity contribution < 1.29 is 14.3 Å². The van der Waals surface area contributed by atoms with Crippen molar-refractivity contribution >= 4 is 12.0 Å². The first-order valence-corrected chi connectivity index (χ1v) is 9.34. The first-order chi connectivity index (χ1) is 13.8. The van der Waals surface area contributed by atoms with Gasteiger partial charge in [-0.3, -0.25) is 4.79 Å². The lowest BCUT2D eigenvalue weighted by Gasteiger charge is -2.39. The van der Waals surface area contributed by atoms with Crippen molar-refractivity contribution in [2.75, 3.05) is 13.1 Å². The predicted octanol–water partition coefficient (Wildman–Crippen LogP) is 2.55. The number of carbonyl (C=O) groups excluding carboxylic acids is 1. The highest BCUT2D eigenvalue weighted by molar-refractivity contribution is 5.74. The van der Waals surface area contributed by atoms with Crippen molar-refractivity contribution in [2.24, 2.45) is 17.2 Å². The van der Waals surface area contributed by atoms with E-state index in [0.29, 0.717) is 41.8 Å². The van der Waals surface area contributed by atoms with Crippen molar-refractivity contribution in [3.05, 3.63) is 82.8 Å². The highest BCUT2D eigenvalue weighted by Gasteiger charge is 2.38. The standard InChI is InChI=1S/C22H25FN4O2/c23-22(16-8-6-15(13-28)7-9-16)10-3-11-27(14-22)19(21(25)26)12-18(24)17-4-1-2-5-20(17)29/h1-2,4-9,12-13,29H,3,10-11,14,24-26H2/b18-12-. The molecule has 0 radical (unpaired) electrons. The first kappa shape index (κ1) is 20.3. The van der Waals surface area contributed by atoms with Crippen LogP contribution in [0.15, 0.2) is 66.1 Å². The van der Waals surface area contributed by atoms with Gasteiger partial charge in [-0.25, -0.2) is 4.39 Å². The van der Waals surface area contributed by atoms with Gasteiger partial charge in [0.05, 0.1) is 12.2 Å². The topological polar surface area (TPSA) is 119 Å². The van der Waals surface area contributed by atoms with Crippen molar-refractivity contribution in [3.63, 3.8) is 0 Å². The third kappa shape index (κ3) is 4.34. The van der Waals surface area contributed by atoms with Crippen LogP contribution >= 0.6 is 0 Å². The van der Waals surface area contributed by atoms with E-state index in [4.69, 9.17) is 17.2 Å². The maximum absolute atomic E-state index is 15.8. The van der Waals surface area contributed by atoms with E-state index >= 15 is 4.39 Å². The van der Waals surface area contributed by atoms with Crippen LogP contribution in [0.1, 0.15) is 34.3 Å². The lowest BCUT2D eigenvalue weighted by atomic mass is 9.86. The fourth-order valence-electron chi connectivity index (χ4n) is 3.61. The SMILES string of the molecule is NC(N)=C(/C=C(\N)c1ccccc1O)N1CCCC(F)(c2ccc(C=O)cc2)C1. The van der Waals surface area contributed by atoms with E-state index in [1.54, 1.807) is 53.4 Å². The highest BCUT2D eigenvalue weighted by Crippen LogP contribution is 2.37. The molecule has 152 valence electrons. The number of phenols is 1. The minimum absolute atomic E-state index is 0.0175. The number of piperidine rings is 1. The molecule has 2 aromatic carbocycles. The lowest BCUT2D eigenvalue weighted by Crippen LogP contribution is -2.44. The van der Waals surface area contributed by atoms with Gasteiger partial charge in [0.25, 0.3) is 0 Å². The highest BCUT2D eigenvalue weighted by atomic mass is 19.1. The second-order valence-corrected chi connectivity index (χ2v) is 7.19. The number of halogens is 1. The quantitative estimate of drug-likeness (QED) is 0.456. The molecule has 1 aliphatic rings. The molecule has 2 aromatic rings. The molecular weight excluding hydrogens is 371 g/mol. The zero-order chi connectivity index (χ0) is 21.0. The van der Waals surface area contributed by atoms with E-state index in [0.717, 1.165) is 6.29 Å². The van der Waals surface area contributed by atoms with Gasteiger partial charge in [0, 0.05) is 23.4 Å². The van der Waals surface area contributed by atoms with Crippen LogP contribution in [0, 0.1) is 0 Å². The fourth-order valence-corrected chi connectivity index (χ4v) is 3.61. The summed E-state index contributed by atoms with van der Waals surface area (Å²) < 4.78 is 15.8. The van der Waals surface area contributed by atoms with Gasteiger partial charge in [-0.15, -0.1) is 0 Å². The number of aromatic hydroxyl groups is 1. The number of rotatable bonds is 5. The monoisotopic (exact) mass is 396 g/mol. The number of alkyl halides is 1. The minimum Gasteiger partial charge on any atom is -0.507 e. The Hall–Kier alpha value is -3.48. The van der Waals surface area contributed by atoms with Crippen molar-refractivity contribution in [1.82, 2.24) is 4.90 Å². The van der Waals surface area contributed by atoms with Gasteiger partial charge in [0.1, 0.15) is 17.9 Å². The Labute approximate surface area is 169 Å². The molecule has 3 rings (SSSR count). The van der Waals surface area contributed by atoms with E-state index in [1.807, 2.05) is 0 Å². The number of hydrogen-bond acceptors (Lipinski definition) is 6. The molecule has 0 spiro atoms. The summed E-state index contributed by atoms with van der Waals surface area (Å²) in [6, 6.07) is 13.1. The van der Waals surface area contributed by atoms with E-state index < -0.39 is 5.67 Å². The Morgan fingerprint density at radius 1 is 1.10 bits per heavy atom. The van der Waals surface area contributed by atoms with E-state index in [9.17, 15) is 9.90 Å². The van der Waals surface area contributed by atoms with Crippen molar-refractivity contribution in [2.45, 2.75) is 18.5 Å². The maximum Gasteiger partial charge on any atom is 0.153 e. The number of likely N-dealkylation sites (tertiary alicyclic amines) is 1. The zero-order valence-corrected chi connectivity index (χ0v) is 16.0. The number of aldehydes is 1. The van der Waals surface area contributed by atoms with Gasteiger partial charge in [-0.05, 0) is 36.6 Å². The van der Waals surface area contributed by atoms with Crippen LogP contribution < -0.4 is 17.2 Å². The summed E-state index contributed by atoms with van der Waals surface area (Å²) in [6.07, 6.45) is 3.23. The van der Waals surface area contributed by atoms with Gasteiger partial charge in [0.2, 0.25) is 0 Å². The van der Waals surface area contributed by atoms with Crippen LogP contribution in [-0.4, -0.2) is 29.4 Å². The average molecular weight is 396 g/mol. The molecule has 1 unspecified atom stereocenters. The van der Waals surface area contributed by atoms with E-state index in [2.05, 4.69) is 0 Å². The lowest BCUT2D eigenvalue weighted by molar-refractivity contribution is 0.0613. The Bertz CT molecular complexity index is 952. The Kier molecular flexibility index (Phi) is 5.77. The number of phenolic OH excluding ortho intramolecular Hbond substituents is 1. The molecular formula is C22H25FN4O2. The molecule has 7 heteroatoms. The van der Waals surface area contributed by atoms with Gasteiger partial charge >= 0.3 is 0 Å². The molecule has 1 fully saturated rings. The Morgan fingerprint density at radius 2 is 1.79 bits per heavy atom. The molecule has 0 aromatic heterocycles. The summed E-state index contributed by atoms with van der Waals surface area (Å²) in [5, 5.41) is 10.0. The summed E-state index contributed by atoms with van der Waals surface area (Å²) in [6.45, 7) is 0.612. The summed E-state index contributed by atoms with van der Waals surface area (Å²) in [5.41, 5.74) is 18.4. The average Bonchev–Trinajstić information content (AvgIpc) is 2.72. The molecule has 1 atom stereocenters. The maximum atomic E-state index is 15.8. The molecule has 1 saturated heterocycles. The summed E-state index contributed by atoms with van der Waals surface area (Å²) >= 11 is 0. The van der Waals surface area contributed by atoms with Crippen LogP contribution in [-0.2, 0) is 5.67 Å². The van der Waals surface area contributed by atoms with Crippen LogP contribution in [0.3, 0.4) is 0 Å². The number of carbonyl (C=O) groups is 1. The van der Waals surface area contributed by atoms with Crippen LogP contribution in [0.5, 0.6) is 5.75 Å². The number of benzene rings is 2. The smallest absolute Gasteiger partial charge is 0.153 e. The normalized spacial score (nSPS) is 19.6. The van der Waals surface area contributed by atoms with Gasteiger partial charge < -0.3 is 27.2 Å². The Balaban J connectivity index is 1.90. The zero-order valence-electron chi connectivity index (χ0n) is 16.0. The van der Waals surface area contributed by atoms with Crippen LogP contribution in [0.25, 0.3) is 5.70 Å². The van der Waals surface area contributed by atoms with Gasteiger partial charge in [-0.1, -0.05) is 36.4 Å². The summed E-state index contributed by atoms with van der Waals surface area (Å²) in [5.74, 6) is 0.0499. The number of allylic oxidation sites excluding steroid dienone is 1. The molecule has 0 aliphatic carbocycles. The van der Waals surface area contributed by atoms with Crippen LogP contribution in [0.2, 0.25) is 0 Å². The van der Waals surface area contributed by atoms with Gasteiger partial charge in [-0.2, -0.15) is 0 Å². The summed E-state index contributed by atoms with van der Waals surface area (Å²) in [7, 11) is 0. The molecule has 7 N–H and O–H groups in total. The van der Waals surface area contributed by atoms with Gasteiger partial charge in [0.15, 0.2) is 5.67 Å². The van der Waals surface area contributed by atoms with Crippen molar-refractivity contribution in [3.8, 4) is 5.75 Å². The minimum atomic E-state index is -1.61. The van der Waals surface area contributed by atoms with E-state index in [1.165, 1.54) is 6.07 Å². The number of nitrogens with two attached hydrogens (primary N) is 3. The second kappa shape index (κ2) is 8.26. The first-order valence-electron chi connectivity index (χ1n) is 9.34. The second-order valence-electron chi connectivity index (χ2n) is 7.19. The third-order valence-electron chi connectivity index (χ3n) is 5.15. The summed E-state index contributed by atoms with van der Waals surface area (Å²) in [4.78, 5) is 12.6. The largest absolute Gasteiger partial charge is 0.507 e.